The maximum absolute atomic E-state index is 5.76. The number of guanidine groups is 1. The number of hydrogen-bond donors (Lipinski definition) is 1. The molecule has 1 atom stereocenters. The van der Waals surface area contributed by atoms with Crippen LogP contribution in [-0.4, -0.2) is 87.5 Å². The zero-order valence-corrected chi connectivity index (χ0v) is 16.7. The van der Waals surface area contributed by atoms with E-state index in [-0.39, 0.29) is 0 Å². The van der Waals surface area contributed by atoms with Crippen LogP contribution in [0.5, 0.6) is 0 Å². The van der Waals surface area contributed by atoms with Crippen molar-refractivity contribution in [2.75, 3.05) is 59.6 Å². The van der Waals surface area contributed by atoms with Crippen molar-refractivity contribution >= 4 is 5.96 Å². The molecule has 0 spiro atoms. The Balaban J connectivity index is 1.84. The van der Waals surface area contributed by atoms with E-state index in [1.165, 1.54) is 6.42 Å². The van der Waals surface area contributed by atoms with Gasteiger partial charge in [-0.15, -0.1) is 0 Å². The quantitative estimate of drug-likeness (QED) is 0.558. The fraction of sp³-hybridized carbons (Fsp3) is 0.947. The second-order valence-corrected chi connectivity index (χ2v) is 7.50. The van der Waals surface area contributed by atoms with Gasteiger partial charge in [-0.05, 0) is 32.1 Å². The van der Waals surface area contributed by atoms with Crippen LogP contribution in [-0.2, 0) is 9.47 Å². The van der Waals surface area contributed by atoms with Crippen molar-refractivity contribution < 1.29 is 9.47 Å². The predicted octanol–water partition coefficient (Wildman–Crippen LogP) is 1.81. The van der Waals surface area contributed by atoms with Crippen LogP contribution in [0.15, 0.2) is 4.99 Å². The van der Waals surface area contributed by atoms with Crippen molar-refractivity contribution in [1.82, 2.24) is 15.1 Å². The average Bonchev–Trinajstić information content (AvgIpc) is 2.63. The molecule has 0 aromatic carbocycles. The summed E-state index contributed by atoms with van der Waals surface area (Å²) in [5.41, 5.74) is 0. The zero-order valence-electron chi connectivity index (χ0n) is 16.7. The van der Waals surface area contributed by atoms with E-state index in [2.05, 4.69) is 40.9 Å². The average molecular weight is 355 g/mol. The van der Waals surface area contributed by atoms with Crippen LogP contribution in [0.3, 0.4) is 0 Å². The molecule has 0 bridgehead atoms. The van der Waals surface area contributed by atoms with Gasteiger partial charge in [0.1, 0.15) is 0 Å². The Hall–Kier alpha value is -0.850. The third kappa shape index (κ3) is 6.76. The second-order valence-electron chi connectivity index (χ2n) is 7.50. The number of morpholine rings is 1. The van der Waals surface area contributed by atoms with Crippen LogP contribution >= 0.6 is 0 Å². The van der Waals surface area contributed by atoms with Crippen molar-refractivity contribution in [3.05, 3.63) is 0 Å². The minimum absolute atomic E-state index is 0.418. The highest BCUT2D eigenvalue weighted by Crippen LogP contribution is 2.15. The molecule has 0 aromatic heterocycles. The van der Waals surface area contributed by atoms with Gasteiger partial charge in [0.15, 0.2) is 5.96 Å². The van der Waals surface area contributed by atoms with Gasteiger partial charge in [0, 0.05) is 52.4 Å². The molecule has 2 saturated heterocycles. The van der Waals surface area contributed by atoms with Crippen LogP contribution in [0, 0.1) is 5.92 Å². The number of piperidine rings is 1. The van der Waals surface area contributed by atoms with E-state index in [4.69, 9.17) is 9.47 Å². The van der Waals surface area contributed by atoms with Gasteiger partial charge in [0.25, 0.3) is 0 Å². The maximum atomic E-state index is 5.76. The summed E-state index contributed by atoms with van der Waals surface area (Å²) < 4.78 is 11.3. The lowest BCUT2D eigenvalue weighted by Crippen LogP contribution is -2.53. The lowest BCUT2D eigenvalue weighted by molar-refractivity contribution is 0.0127. The minimum Gasteiger partial charge on any atom is -0.379 e. The molecule has 1 unspecified atom stereocenters. The molecule has 0 amide bonds. The SMILES string of the molecule is CCOC1CCN(C(=NC)NCC(CC(C)C)N2CCOCC2)CC1. The molecule has 0 radical (unpaired) electrons. The number of nitrogens with zero attached hydrogens (tertiary/aromatic N) is 3. The molecule has 2 heterocycles. The standard InChI is InChI=1S/C19H38N4O2/c1-5-25-18-6-8-23(9-7-18)19(20-4)21-15-17(14-16(2)3)22-10-12-24-13-11-22/h16-18H,5-15H2,1-4H3,(H,20,21). The topological polar surface area (TPSA) is 49.3 Å². The van der Waals surface area contributed by atoms with Gasteiger partial charge in [-0.25, -0.2) is 0 Å². The molecule has 2 aliphatic heterocycles. The number of rotatable bonds is 7. The third-order valence-electron chi connectivity index (χ3n) is 5.16. The molecular formula is C19H38N4O2. The van der Waals surface area contributed by atoms with Gasteiger partial charge in [-0.3, -0.25) is 9.89 Å². The Kier molecular flexibility index (Phi) is 8.99. The Morgan fingerprint density at radius 1 is 1.20 bits per heavy atom. The Labute approximate surface area is 153 Å². The number of aliphatic imine (C=N–C) groups is 1. The first-order chi connectivity index (χ1) is 12.1. The lowest BCUT2D eigenvalue weighted by Gasteiger charge is -2.38. The highest BCUT2D eigenvalue weighted by Gasteiger charge is 2.25. The van der Waals surface area contributed by atoms with E-state index in [1.54, 1.807) is 0 Å². The molecule has 2 fully saturated rings. The van der Waals surface area contributed by atoms with E-state index >= 15 is 0 Å². The molecule has 0 aliphatic carbocycles. The summed E-state index contributed by atoms with van der Waals surface area (Å²) in [6, 6.07) is 0.543. The number of likely N-dealkylation sites (tertiary alicyclic amines) is 1. The maximum Gasteiger partial charge on any atom is 0.193 e. The Bertz CT molecular complexity index is 389. The molecule has 146 valence electrons. The molecule has 6 nitrogen and oxygen atoms in total. The van der Waals surface area contributed by atoms with Gasteiger partial charge in [-0.2, -0.15) is 0 Å². The van der Waals surface area contributed by atoms with Gasteiger partial charge in [0.2, 0.25) is 0 Å². The summed E-state index contributed by atoms with van der Waals surface area (Å²) in [4.78, 5) is 9.48. The van der Waals surface area contributed by atoms with E-state index in [0.717, 1.165) is 71.3 Å². The summed E-state index contributed by atoms with van der Waals surface area (Å²) in [6.45, 7) is 14.3. The van der Waals surface area contributed by atoms with E-state index in [9.17, 15) is 0 Å². The molecule has 0 saturated carbocycles. The van der Waals surface area contributed by atoms with Crippen molar-refractivity contribution in [3.63, 3.8) is 0 Å². The lowest BCUT2D eigenvalue weighted by atomic mass is 10.0. The Morgan fingerprint density at radius 3 is 2.44 bits per heavy atom. The van der Waals surface area contributed by atoms with Crippen LogP contribution in [0.4, 0.5) is 0 Å². The smallest absolute Gasteiger partial charge is 0.193 e. The molecule has 2 aliphatic rings. The van der Waals surface area contributed by atoms with Gasteiger partial charge in [-0.1, -0.05) is 13.8 Å². The monoisotopic (exact) mass is 354 g/mol. The minimum atomic E-state index is 0.418. The number of nitrogens with one attached hydrogen (secondary N) is 1. The van der Waals surface area contributed by atoms with Crippen LogP contribution < -0.4 is 5.32 Å². The van der Waals surface area contributed by atoms with E-state index < -0.39 is 0 Å². The largest absolute Gasteiger partial charge is 0.379 e. The van der Waals surface area contributed by atoms with Crippen molar-refractivity contribution in [3.8, 4) is 0 Å². The van der Waals surface area contributed by atoms with Crippen LogP contribution in [0.1, 0.15) is 40.0 Å². The molecule has 2 rings (SSSR count). The highest BCUT2D eigenvalue weighted by molar-refractivity contribution is 5.80. The number of hydrogen-bond acceptors (Lipinski definition) is 4. The van der Waals surface area contributed by atoms with Gasteiger partial charge in [0.05, 0.1) is 19.3 Å². The predicted molar refractivity (Wildman–Crippen MR) is 103 cm³/mol. The van der Waals surface area contributed by atoms with Crippen molar-refractivity contribution in [1.29, 1.82) is 0 Å². The summed E-state index contributed by atoms with van der Waals surface area (Å²) in [5, 5.41) is 3.64. The van der Waals surface area contributed by atoms with Gasteiger partial charge >= 0.3 is 0 Å². The second kappa shape index (κ2) is 11.0. The zero-order chi connectivity index (χ0) is 18.1. The normalized spacial score (nSPS) is 22.4. The summed E-state index contributed by atoms with van der Waals surface area (Å²) in [6.07, 6.45) is 3.80. The highest BCUT2D eigenvalue weighted by atomic mass is 16.5. The third-order valence-corrected chi connectivity index (χ3v) is 5.16. The summed E-state index contributed by atoms with van der Waals surface area (Å²) >= 11 is 0. The fourth-order valence-corrected chi connectivity index (χ4v) is 3.86. The van der Waals surface area contributed by atoms with Crippen molar-refractivity contribution in [2.24, 2.45) is 10.9 Å². The summed E-state index contributed by atoms with van der Waals surface area (Å²) in [5.74, 6) is 1.73. The van der Waals surface area contributed by atoms with Crippen LogP contribution in [0.25, 0.3) is 0 Å². The molecule has 0 aromatic rings. The van der Waals surface area contributed by atoms with Crippen molar-refractivity contribution in [2.45, 2.75) is 52.2 Å². The molecule has 25 heavy (non-hydrogen) atoms. The van der Waals surface area contributed by atoms with E-state index in [1.807, 2.05) is 7.05 Å². The molecule has 6 heteroatoms. The van der Waals surface area contributed by atoms with Gasteiger partial charge < -0.3 is 19.7 Å². The molecule has 1 N–H and O–H groups in total. The molecular weight excluding hydrogens is 316 g/mol. The van der Waals surface area contributed by atoms with Crippen LogP contribution in [0.2, 0.25) is 0 Å². The first kappa shape index (κ1) is 20.5. The first-order valence-corrected chi connectivity index (χ1v) is 10.0. The fourth-order valence-electron chi connectivity index (χ4n) is 3.86. The van der Waals surface area contributed by atoms with E-state index in [0.29, 0.717) is 18.1 Å². The first-order valence-electron chi connectivity index (χ1n) is 10.0. The Morgan fingerprint density at radius 2 is 1.88 bits per heavy atom. The number of ether oxygens (including phenoxy) is 2. The summed E-state index contributed by atoms with van der Waals surface area (Å²) in [7, 11) is 1.89.